The minimum Gasteiger partial charge on any atom is -0.493 e. The summed E-state index contributed by atoms with van der Waals surface area (Å²) in [7, 11) is 1.56. The first-order valence-electron chi connectivity index (χ1n) is 7.12. The van der Waals surface area contributed by atoms with E-state index in [1.807, 2.05) is 0 Å². The van der Waals surface area contributed by atoms with Gasteiger partial charge in [0.1, 0.15) is 0 Å². The van der Waals surface area contributed by atoms with Crippen LogP contribution in [0.2, 0.25) is 5.02 Å². The summed E-state index contributed by atoms with van der Waals surface area (Å²) < 4.78 is 22.0. The second-order valence-corrected chi connectivity index (χ2v) is 5.47. The maximum Gasteiger partial charge on any atom is 0.253 e. The normalized spacial score (nSPS) is 18.2. The topological polar surface area (TPSA) is 66.6 Å². The minimum absolute atomic E-state index is 0.179. The zero-order valence-corrected chi connectivity index (χ0v) is 13.0. The van der Waals surface area contributed by atoms with Gasteiger partial charge in [-0.2, -0.15) is 0 Å². The van der Waals surface area contributed by atoms with Gasteiger partial charge in [0.05, 0.1) is 19.6 Å². The molecule has 6 nitrogen and oxygen atoms in total. The van der Waals surface area contributed by atoms with Gasteiger partial charge < -0.3 is 18.6 Å². The van der Waals surface area contributed by atoms with Crippen molar-refractivity contribution in [2.75, 3.05) is 20.3 Å². The molecule has 2 aromatic rings. The highest BCUT2D eigenvalue weighted by Crippen LogP contribution is 2.31. The van der Waals surface area contributed by atoms with Crippen LogP contribution in [0.4, 0.5) is 0 Å². The van der Waals surface area contributed by atoms with Crippen LogP contribution >= 0.6 is 11.6 Å². The fourth-order valence-corrected chi connectivity index (χ4v) is 2.49. The van der Waals surface area contributed by atoms with Crippen LogP contribution in [0.3, 0.4) is 0 Å². The Morgan fingerprint density at radius 1 is 1.32 bits per heavy atom. The van der Waals surface area contributed by atoms with Crippen LogP contribution < -0.4 is 9.47 Å². The lowest BCUT2D eigenvalue weighted by molar-refractivity contribution is 0.0716. The lowest BCUT2D eigenvalue weighted by atomic mass is 10.0. The first-order chi connectivity index (χ1) is 10.8. The van der Waals surface area contributed by atoms with Crippen LogP contribution in [0.1, 0.15) is 30.5 Å². The molecule has 22 heavy (non-hydrogen) atoms. The molecule has 1 fully saturated rings. The predicted molar refractivity (Wildman–Crippen MR) is 79.4 cm³/mol. The summed E-state index contributed by atoms with van der Waals surface area (Å²) in [4.78, 5) is 0. The quantitative estimate of drug-likeness (QED) is 0.841. The molecule has 1 aliphatic rings. The Morgan fingerprint density at radius 2 is 2.23 bits per heavy atom. The summed E-state index contributed by atoms with van der Waals surface area (Å²) in [6.45, 7) is 1.61. The van der Waals surface area contributed by atoms with E-state index < -0.39 is 0 Å². The first kappa shape index (κ1) is 15.1. The average Bonchev–Trinajstić information content (AvgIpc) is 3.03. The Morgan fingerprint density at radius 3 is 3.00 bits per heavy atom. The number of hydrogen-bond donors (Lipinski definition) is 0. The zero-order valence-electron chi connectivity index (χ0n) is 12.3. The van der Waals surface area contributed by atoms with Crippen LogP contribution in [-0.2, 0) is 11.3 Å². The number of rotatable bonds is 5. The molecule has 1 unspecified atom stereocenters. The predicted octanol–water partition coefficient (Wildman–Crippen LogP) is 3.20. The van der Waals surface area contributed by atoms with Crippen LogP contribution in [0.5, 0.6) is 11.5 Å². The van der Waals surface area contributed by atoms with E-state index in [2.05, 4.69) is 10.2 Å². The number of hydrogen-bond acceptors (Lipinski definition) is 6. The largest absolute Gasteiger partial charge is 0.493 e. The van der Waals surface area contributed by atoms with Crippen molar-refractivity contribution < 1.29 is 18.6 Å². The fourth-order valence-electron chi connectivity index (χ4n) is 2.33. The van der Waals surface area contributed by atoms with Gasteiger partial charge in [0.25, 0.3) is 5.89 Å². The molecule has 0 aliphatic carbocycles. The number of aromatic nitrogens is 2. The third kappa shape index (κ3) is 3.51. The molecule has 1 aliphatic heterocycles. The first-order valence-corrected chi connectivity index (χ1v) is 7.50. The van der Waals surface area contributed by atoms with Crippen molar-refractivity contribution in [3.8, 4) is 11.5 Å². The molecule has 0 N–H and O–H groups in total. The highest BCUT2D eigenvalue weighted by Gasteiger charge is 2.22. The van der Waals surface area contributed by atoms with E-state index in [9.17, 15) is 0 Å². The van der Waals surface area contributed by atoms with E-state index in [4.69, 9.17) is 30.2 Å². The molecule has 118 valence electrons. The Kier molecular flexibility index (Phi) is 4.80. The third-order valence-electron chi connectivity index (χ3n) is 3.47. The molecule has 1 atom stereocenters. The third-order valence-corrected chi connectivity index (χ3v) is 3.70. The summed E-state index contributed by atoms with van der Waals surface area (Å²) >= 11 is 5.91. The van der Waals surface area contributed by atoms with Crippen LogP contribution in [-0.4, -0.2) is 30.5 Å². The van der Waals surface area contributed by atoms with Gasteiger partial charge >= 0.3 is 0 Å². The van der Waals surface area contributed by atoms with Crippen molar-refractivity contribution in [2.24, 2.45) is 0 Å². The molecule has 1 aromatic carbocycles. The monoisotopic (exact) mass is 324 g/mol. The second-order valence-electron chi connectivity index (χ2n) is 5.03. The second kappa shape index (κ2) is 6.98. The zero-order chi connectivity index (χ0) is 15.4. The molecule has 0 amide bonds. The van der Waals surface area contributed by atoms with E-state index in [1.54, 1.807) is 25.3 Å². The highest BCUT2D eigenvalue weighted by molar-refractivity contribution is 6.30. The average molecular weight is 325 g/mol. The van der Waals surface area contributed by atoms with Crippen molar-refractivity contribution in [1.82, 2.24) is 10.2 Å². The van der Waals surface area contributed by atoms with Crippen molar-refractivity contribution in [2.45, 2.75) is 25.4 Å². The van der Waals surface area contributed by atoms with Gasteiger partial charge in [-0.25, -0.2) is 0 Å². The van der Waals surface area contributed by atoms with Crippen LogP contribution in [0.15, 0.2) is 22.6 Å². The molecule has 1 saturated heterocycles. The van der Waals surface area contributed by atoms with Gasteiger partial charge in [-0.15, -0.1) is 10.2 Å². The van der Waals surface area contributed by atoms with E-state index in [-0.39, 0.29) is 12.5 Å². The maximum absolute atomic E-state index is 5.91. The Bertz CT molecular complexity index is 626. The lowest BCUT2D eigenvalue weighted by Gasteiger charge is -2.18. The molecule has 0 bridgehead atoms. The van der Waals surface area contributed by atoms with Gasteiger partial charge in [-0.1, -0.05) is 11.6 Å². The highest BCUT2D eigenvalue weighted by atomic mass is 35.5. The summed E-state index contributed by atoms with van der Waals surface area (Å²) in [5.41, 5.74) is 0. The number of halogens is 1. The fraction of sp³-hybridized carbons (Fsp3) is 0.467. The summed E-state index contributed by atoms with van der Waals surface area (Å²) in [6.07, 6.45) is 2.02. The van der Waals surface area contributed by atoms with E-state index in [0.29, 0.717) is 34.9 Å². The van der Waals surface area contributed by atoms with Gasteiger partial charge in [0.2, 0.25) is 5.89 Å². The molecule has 7 heteroatoms. The number of methoxy groups -OCH3 is 1. The summed E-state index contributed by atoms with van der Waals surface area (Å²) in [6, 6.07) is 5.17. The van der Waals surface area contributed by atoms with Crippen molar-refractivity contribution in [3.05, 3.63) is 35.0 Å². The van der Waals surface area contributed by atoms with Gasteiger partial charge in [0.15, 0.2) is 18.1 Å². The Balaban J connectivity index is 1.63. The van der Waals surface area contributed by atoms with E-state index >= 15 is 0 Å². The molecular weight excluding hydrogens is 308 g/mol. The molecule has 2 heterocycles. The Labute approximate surface area is 133 Å². The SMILES string of the molecule is COc1cc(Cl)ccc1OCc1nnc(C2CCCOC2)o1. The van der Waals surface area contributed by atoms with Gasteiger partial charge in [0, 0.05) is 17.7 Å². The standard InChI is InChI=1S/C15H17ClN2O4/c1-19-13-7-11(16)4-5-12(13)21-9-14-17-18-15(22-14)10-3-2-6-20-8-10/h4-5,7,10H,2-3,6,8-9H2,1H3. The van der Waals surface area contributed by atoms with Crippen molar-refractivity contribution >= 4 is 11.6 Å². The maximum atomic E-state index is 5.91. The van der Waals surface area contributed by atoms with E-state index in [0.717, 1.165) is 19.4 Å². The summed E-state index contributed by atoms with van der Waals surface area (Å²) in [5, 5.41) is 8.68. The number of ether oxygens (including phenoxy) is 3. The van der Waals surface area contributed by atoms with Gasteiger partial charge in [-0.3, -0.25) is 0 Å². The molecule has 0 saturated carbocycles. The van der Waals surface area contributed by atoms with Crippen LogP contribution in [0.25, 0.3) is 0 Å². The Hall–Kier alpha value is -1.79. The lowest BCUT2D eigenvalue weighted by Crippen LogP contribution is -2.15. The molecule has 1 aromatic heterocycles. The van der Waals surface area contributed by atoms with Crippen molar-refractivity contribution in [3.63, 3.8) is 0 Å². The van der Waals surface area contributed by atoms with Gasteiger partial charge in [-0.05, 0) is 25.0 Å². The number of benzene rings is 1. The number of nitrogens with zero attached hydrogens (tertiary/aromatic N) is 2. The summed E-state index contributed by atoms with van der Waals surface area (Å²) in [5.74, 6) is 2.36. The molecule has 3 rings (SSSR count). The molecular formula is C15H17ClN2O4. The van der Waals surface area contributed by atoms with Crippen LogP contribution in [0, 0.1) is 0 Å². The van der Waals surface area contributed by atoms with Crippen molar-refractivity contribution in [1.29, 1.82) is 0 Å². The smallest absolute Gasteiger partial charge is 0.253 e. The molecule has 0 radical (unpaired) electrons. The minimum atomic E-state index is 0.179. The van der Waals surface area contributed by atoms with E-state index in [1.165, 1.54) is 0 Å². The molecule has 0 spiro atoms.